The molecule has 2 fully saturated rings. The van der Waals surface area contributed by atoms with Gasteiger partial charge in [0.2, 0.25) is 11.8 Å². The van der Waals surface area contributed by atoms with Crippen LogP contribution in [0.4, 0.5) is 0 Å². The van der Waals surface area contributed by atoms with Gasteiger partial charge in [-0.05, 0) is 43.7 Å². The van der Waals surface area contributed by atoms with Crippen molar-refractivity contribution >= 4 is 11.8 Å². The molecule has 0 spiro atoms. The van der Waals surface area contributed by atoms with Gasteiger partial charge in [0.05, 0.1) is 7.11 Å². The number of benzene rings is 1. The normalized spacial score (nSPS) is 19.3. The predicted octanol–water partition coefficient (Wildman–Crippen LogP) is 2.97. The van der Waals surface area contributed by atoms with Crippen molar-refractivity contribution in [1.82, 2.24) is 10.6 Å². The maximum Gasteiger partial charge on any atom is 0.235 e. The lowest BCUT2D eigenvalue weighted by Gasteiger charge is -2.21. The Balaban J connectivity index is 1.49. The summed E-state index contributed by atoms with van der Waals surface area (Å²) in [6.07, 6.45) is 8.93. The lowest BCUT2D eigenvalue weighted by molar-refractivity contribution is -0.137. The molecule has 5 heteroatoms. The van der Waals surface area contributed by atoms with Crippen LogP contribution in [-0.2, 0) is 16.0 Å². The fourth-order valence-electron chi connectivity index (χ4n) is 3.82. The minimum Gasteiger partial charge on any atom is -0.496 e. The average molecular weight is 358 g/mol. The topological polar surface area (TPSA) is 67.4 Å². The van der Waals surface area contributed by atoms with Crippen molar-refractivity contribution < 1.29 is 14.3 Å². The van der Waals surface area contributed by atoms with Crippen LogP contribution >= 0.6 is 0 Å². The molecule has 1 aromatic carbocycles. The second-order valence-electron chi connectivity index (χ2n) is 7.56. The summed E-state index contributed by atoms with van der Waals surface area (Å²) in [7, 11) is 1.65. The molecule has 5 nitrogen and oxygen atoms in total. The largest absolute Gasteiger partial charge is 0.496 e. The van der Waals surface area contributed by atoms with Crippen LogP contribution < -0.4 is 15.4 Å². The molecule has 142 valence electrons. The van der Waals surface area contributed by atoms with Crippen LogP contribution in [0.5, 0.6) is 5.75 Å². The van der Waals surface area contributed by atoms with E-state index in [9.17, 15) is 9.59 Å². The van der Waals surface area contributed by atoms with E-state index in [4.69, 9.17) is 4.74 Å². The molecule has 0 radical (unpaired) electrons. The summed E-state index contributed by atoms with van der Waals surface area (Å²) in [6.45, 7) is 0.512. The zero-order valence-electron chi connectivity index (χ0n) is 15.7. The molecule has 0 unspecified atom stereocenters. The predicted molar refractivity (Wildman–Crippen MR) is 101 cm³/mol. The number of carbonyl (C=O) groups excluding carboxylic acids is 2. The molecule has 0 saturated heterocycles. The van der Waals surface area contributed by atoms with E-state index in [1.807, 2.05) is 24.3 Å². The van der Waals surface area contributed by atoms with Crippen LogP contribution in [0, 0.1) is 5.41 Å². The number of hydrogen-bond donors (Lipinski definition) is 2. The molecule has 3 rings (SSSR count). The van der Waals surface area contributed by atoms with E-state index in [0.717, 1.165) is 24.2 Å². The van der Waals surface area contributed by atoms with Gasteiger partial charge in [-0.3, -0.25) is 9.59 Å². The van der Waals surface area contributed by atoms with Crippen molar-refractivity contribution in [2.24, 2.45) is 5.41 Å². The Morgan fingerprint density at radius 2 is 1.77 bits per heavy atom. The number of ether oxygens (including phenoxy) is 1. The maximum atomic E-state index is 12.7. The molecule has 2 saturated carbocycles. The first-order valence-corrected chi connectivity index (χ1v) is 9.87. The first kappa shape index (κ1) is 18.7. The highest BCUT2D eigenvalue weighted by molar-refractivity contribution is 6.07. The van der Waals surface area contributed by atoms with Crippen LogP contribution in [0.2, 0.25) is 0 Å². The van der Waals surface area contributed by atoms with Crippen molar-refractivity contribution in [3.8, 4) is 5.75 Å². The monoisotopic (exact) mass is 358 g/mol. The quantitative estimate of drug-likeness (QED) is 0.582. The molecule has 0 aliphatic heterocycles. The van der Waals surface area contributed by atoms with Crippen molar-refractivity contribution in [3.05, 3.63) is 29.8 Å². The summed E-state index contributed by atoms with van der Waals surface area (Å²) in [5, 5.41) is 6.11. The molecule has 0 heterocycles. The van der Waals surface area contributed by atoms with Crippen molar-refractivity contribution in [2.45, 2.75) is 63.8 Å². The molecule has 0 aromatic heterocycles. The van der Waals surface area contributed by atoms with Gasteiger partial charge in [-0.1, -0.05) is 43.9 Å². The standard InChI is InChI=1S/C21H30N2O3/c1-26-18-11-7-6-8-16(18)12-15-22-19(24)21(13-14-21)20(25)23-17-9-4-2-3-5-10-17/h6-8,11,17H,2-5,9-10,12-15H2,1H3,(H,22,24)(H,23,25). The zero-order chi connectivity index (χ0) is 18.4. The average Bonchev–Trinajstić information content (AvgIpc) is 3.48. The first-order valence-electron chi connectivity index (χ1n) is 9.87. The second-order valence-corrected chi connectivity index (χ2v) is 7.56. The van der Waals surface area contributed by atoms with Crippen LogP contribution in [0.1, 0.15) is 56.9 Å². The zero-order valence-corrected chi connectivity index (χ0v) is 15.7. The summed E-state index contributed by atoms with van der Waals surface area (Å²) in [4.78, 5) is 25.3. The molecule has 1 aromatic rings. The summed E-state index contributed by atoms with van der Waals surface area (Å²) in [6, 6.07) is 8.04. The molecule has 0 atom stereocenters. The smallest absolute Gasteiger partial charge is 0.235 e. The van der Waals surface area contributed by atoms with E-state index in [1.165, 1.54) is 25.7 Å². The Hall–Kier alpha value is -2.04. The van der Waals surface area contributed by atoms with Gasteiger partial charge in [-0.25, -0.2) is 0 Å². The van der Waals surface area contributed by atoms with Crippen molar-refractivity contribution in [2.75, 3.05) is 13.7 Å². The minimum absolute atomic E-state index is 0.0702. The van der Waals surface area contributed by atoms with E-state index in [-0.39, 0.29) is 17.9 Å². The summed E-state index contributed by atoms with van der Waals surface area (Å²) < 4.78 is 5.34. The molecule has 0 bridgehead atoms. The highest BCUT2D eigenvalue weighted by Crippen LogP contribution is 2.46. The second kappa shape index (κ2) is 8.56. The Labute approximate surface area is 155 Å². The minimum atomic E-state index is -0.826. The molecule has 2 aliphatic carbocycles. The van der Waals surface area contributed by atoms with E-state index >= 15 is 0 Å². The van der Waals surface area contributed by atoms with E-state index in [0.29, 0.717) is 25.8 Å². The molecule has 2 N–H and O–H groups in total. The third-order valence-electron chi connectivity index (χ3n) is 5.68. The van der Waals surface area contributed by atoms with Crippen LogP contribution in [0.25, 0.3) is 0 Å². The van der Waals surface area contributed by atoms with Gasteiger partial charge in [0.15, 0.2) is 0 Å². The molecular weight excluding hydrogens is 328 g/mol. The SMILES string of the molecule is COc1ccccc1CCNC(=O)C1(C(=O)NC2CCCCCC2)CC1. The van der Waals surface area contributed by atoms with Gasteiger partial charge in [0.25, 0.3) is 0 Å². The maximum absolute atomic E-state index is 12.7. The fourth-order valence-corrected chi connectivity index (χ4v) is 3.82. The van der Waals surface area contributed by atoms with Crippen LogP contribution in [0.3, 0.4) is 0 Å². The molecule has 26 heavy (non-hydrogen) atoms. The number of methoxy groups -OCH3 is 1. The number of para-hydroxylation sites is 1. The van der Waals surface area contributed by atoms with Crippen LogP contribution in [0.15, 0.2) is 24.3 Å². The third kappa shape index (κ3) is 4.37. The lowest BCUT2D eigenvalue weighted by Crippen LogP contribution is -2.46. The number of hydrogen-bond acceptors (Lipinski definition) is 3. The van der Waals surface area contributed by atoms with Gasteiger partial charge in [0, 0.05) is 12.6 Å². The Morgan fingerprint density at radius 1 is 1.08 bits per heavy atom. The van der Waals surface area contributed by atoms with Gasteiger partial charge in [-0.15, -0.1) is 0 Å². The van der Waals surface area contributed by atoms with Crippen molar-refractivity contribution in [3.63, 3.8) is 0 Å². The highest BCUT2D eigenvalue weighted by atomic mass is 16.5. The highest BCUT2D eigenvalue weighted by Gasteiger charge is 2.56. The summed E-state index contributed by atoms with van der Waals surface area (Å²) in [5.74, 6) is 0.631. The Bertz CT molecular complexity index is 632. The van der Waals surface area contributed by atoms with Gasteiger partial charge in [0.1, 0.15) is 11.2 Å². The molecule has 2 aliphatic rings. The Kier molecular flexibility index (Phi) is 6.17. The van der Waals surface area contributed by atoms with Gasteiger partial charge >= 0.3 is 0 Å². The fraction of sp³-hybridized carbons (Fsp3) is 0.619. The molecule has 2 amide bonds. The Morgan fingerprint density at radius 3 is 2.42 bits per heavy atom. The number of rotatable bonds is 7. The van der Waals surface area contributed by atoms with Gasteiger partial charge in [-0.2, -0.15) is 0 Å². The molecular formula is C21H30N2O3. The number of carbonyl (C=O) groups is 2. The number of amides is 2. The first-order chi connectivity index (χ1) is 12.7. The third-order valence-corrected chi connectivity index (χ3v) is 5.68. The van der Waals surface area contributed by atoms with Gasteiger partial charge < -0.3 is 15.4 Å². The van der Waals surface area contributed by atoms with E-state index in [2.05, 4.69) is 10.6 Å². The van der Waals surface area contributed by atoms with Crippen molar-refractivity contribution in [1.29, 1.82) is 0 Å². The summed E-state index contributed by atoms with van der Waals surface area (Å²) >= 11 is 0. The van der Waals surface area contributed by atoms with Crippen LogP contribution in [-0.4, -0.2) is 31.5 Å². The lowest BCUT2D eigenvalue weighted by atomic mass is 10.0. The summed E-state index contributed by atoms with van der Waals surface area (Å²) in [5.41, 5.74) is 0.232. The number of nitrogens with one attached hydrogen (secondary N) is 2. The van der Waals surface area contributed by atoms with E-state index in [1.54, 1.807) is 7.11 Å². The van der Waals surface area contributed by atoms with E-state index < -0.39 is 5.41 Å².